The number of nitro groups is 1. The summed E-state index contributed by atoms with van der Waals surface area (Å²) in [4.78, 5) is 35.5. The first-order valence-corrected chi connectivity index (χ1v) is 10.2. The molecule has 32 heavy (non-hydrogen) atoms. The summed E-state index contributed by atoms with van der Waals surface area (Å²) < 4.78 is 5.81. The SMILES string of the molecule is O=C(NC[C@@H]1OCCc2ccccc21)c1ccc(NC(=O)c2ccccc2[N+](=O)[O-])cc1. The summed E-state index contributed by atoms with van der Waals surface area (Å²) in [6.45, 7) is 0.970. The number of fused-ring (bicyclic) bond motifs is 1. The lowest BCUT2D eigenvalue weighted by molar-refractivity contribution is -0.385. The van der Waals surface area contributed by atoms with Crippen molar-refractivity contribution in [1.29, 1.82) is 0 Å². The van der Waals surface area contributed by atoms with Crippen molar-refractivity contribution in [2.75, 3.05) is 18.5 Å². The maximum atomic E-state index is 12.5. The average molecular weight is 431 g/mol. The summed E-state index contributed by atoms with van der Waals surface area (Å²) in [7, 11) is 0. The van der Waals surface area contributed by atoms with E-state index in [9.17, 15) is 19.7 Å². The van der Waals surface area contributed by atoms with Gasteiger partial charge < -0.3 is 15.4 Å². The van der Waals surface area contributed by atoms with E-state index in [1.165, 1.54) is 23.8 Å². The van der Waals surface area contributed by atoms with E-state index in [0.717, 1.165) is 12.0 Å². The number of hydrogen-bond donors (Lipinski definition) is 2. The Morgan fingerprint density at radius 3 is 2.47 bits per heavy atom. The van der Waals surface area contributed by atoms with E-state index in [4.69, 9.17) is 4.74 Å². The number of amides is 2. The van der Waals surface area contributed by atoms with Crippen molar-refractivity contribution >= 4 is 23.2 Å². The predicted octanol–water partition coefficient (Wildman–Crippen LogP) is 3.89. The van der Waals surface area contributed by atoms with E-state index in [0.29, 0.717) is 24.4 Å². The van der Waals surface area contributed by atoms with Crippen LogP contribution in [0.25, 0.3) is 0 Å². The van der Waals surface area contributed by atoms with Crippen LogP contribution < -0.4 is 10.6 Å². The maximum absolute atomic E-state index is 12.5. The molecule has 0 saturated heterocycles. The molecule has 0 bridgehead atoms. The summed E-state index contributed by atoms with van der Waals surface area (Å²) in [6, 6.07) is 20.1. The molecule has 1 atom stereocenters. The van der Waals surface area contributed by atoms with E-state index in [2.05, 4.69) is 16.7 Å². The van der Waals surface area contributed by atoms with Gasteiger partial charge >= 0.3 is 0 Å². The van der Waals surface area contributed by atoms with Crippen LogP contribution in [-0.4, -0.2) is 29.9 Å². The van der Waals surface area contributed by atoms with Crippen molar-refractivity contribution in [3.05, 3.63) is 105 Å². The number of benzene rings is 3. The van der Waals surface area contributed by atoms with Gasteiger partial charge in [-0.15, -0.1) is 0 Å². The zero-order valence-electron chi connectivity index (χ0n) is 17.1. The van der Waals surface area contributed by atoms with Gasteiger partial charge in [0.05, 0.1) is 11.5 Å². The fourth-order valence-electron chi connectivity index (χ4n) is 3.66. The van der Waals surface area contributed by atoms with Gasteiger partial charge in [0.25, 0.3) is 17.5 Å². The number of rotatable bonds is 6. The summed E-state index contributed by atoms with van der Waals surface area (Å²) in [5, 5.41) is 16.6. The van der Waals surface area contributed by atoms with Crippen LogP contribution in [0.2, 0.25) is 0 Å². The van der Waals surface area contributed by atoms with Crippen molar-refractivity contribution in [3.63, 3.8) is 0 Å². The van der Waals surface area contributed by atoms with Crippen molar-refractivity contribution in [3.8, 4) is 0 Å². The summed E-state index contributed by atoms with van der Waals surface area (Å²) in [6.07, 6.45) is 0.670. The van der Waals surface area contributed by atoms with Crippen molar-refractivity contribution in [1.82, 2.24) is 5.32 Å². The number of nitrogens with zero attached hydrogens (tertiary/aromatic N) is 1. The van der Waals surface area contributed by atoms with Crippen LogP contribution in [0.5, 0.6) is 0 Å². The largest absolute Gasteiger partial charge is 0.371 e. The Bertz CT molecular complexity index is 1160. The van der Waals surface area contributed by atoms with Gasteiger partial charge in [0.15, 0.2) is 0 Å². The van der Waals surface area contributed by atoms with E-state index in [-0.39, 0.29) is 23.3 Å². The molecule has 0 spiro atoms. The highest BCUT2D eigenvalue weighted by Crippen LogP contribution is 2.26. The molecule has 0 aliphatic carbocycles. The lowest BCUT2D eigenvalue weighted by atomic mass is 9.97. The lowest BCUT2D eigenvalue weighted by Gasteiger charge is -2.26. The molecule has 1 aliphatic rings. The summed E-state index contributed by atoms with van der Waals surface area (Å²) in [5.41, 5.74) is 2.87. The standard InChI is InChI=1S/C24H21N3O5/c28-23(25-15-22-19-6-2-1-5-16(19)13-14-32-22)17-9-11-18(12-10-17)26-24(29)20-7-3-4-8-21(20)27(30)31/h1-12,22H,13-15H2,(H,25,28)(H,26,29)/t22-/m0/s1. The first kappa shape index (κ1) is 21.2. The van der Waals surface area contributed by atoms with Crippen LogP contribution in [0.4, 0.5) is 11.4 Å². The summed E-state index contributed by atoms with van der Waals surface area (Å²) >= 11 is 0. The minimum atomic E-state index is -0.600. The van der Waals surface area contributed by atoms with Crippen LogP contribution in [0.3, 0.4) is 0 Å². The minimum absolute atomic E-state index is 0.0351. The van der Waals surface area contributed by atoms with Gasteiger partial charge in [-0.1, -0.05) is 36.4 Å². The molecule has 1 heterocycles. The molecule has 0 aromatic heterocycles. The van der Waals surface area contributed by atoms with Crippen molar-refractivity contribution < 1.29 is 19.2 Å². The molecular formula is C24H21N3O5. The third-order valence-corrected chi connectivity index (χ3v) is 5.29. The predicted molar refractivity (Wildman–Crippen MR) is 119 cm³/mol. The molecule has 2 N–H and O–H groups in total. The molecule has 0 radical (unpaired) electrons. The highest BCUT2D eigenvalue weighted by atomic mass is 16.6. The second-order valence-electron chi connectivity index (χ2n) is 7.32. The number of nitrogens with one attached hydrogen (secondary N) is 2. The Hall–Kier alpha value is -4.04. The van der Waals surface area contributed by atoms with Gasteiger partial charge in [-0.05, 0) is 47.9 Å². The monoisotopic (exact) mass is 431 g/mol. The molecule has 0 saturated carbocycles. The maximum Gasteiger partial charge on any atom is 0.282 e. The van der Waals surface area contributed by atoms with Gasteiger partial charge in [0, 0.05) is 23.9 Å². The Kier molecular flexibility index (Phi) is 6.23. The Morgan fingerprint density at radius 1 is 0.969 bits per heavy atom. The minimum Gasteiger partial charge on any atom is -0.371 e. The smallest absolute Gasteiger partial charge is 0.282 e. The zero-order valence-corrected chi connectivity index (χ0v) is 17.1. The highest BCUT2D eigenvalue weighted by Gasteiger charge is 2.22. The van der Waals surface area contributed by atoms with Gasteiger partial charge in [0.2, 0.25) is 0 Å². The topological polar surface area (TPSA) is 111 Å². The molecule has 8 heteroatoms. The molecule has 0 fully saturated rings. The summed E-state index contributed by atoms with van der Waals surface area (Å²) in [5.74, 6) is -0.851. The number of para-hydroxylation sites is 1. The molecule has 0 unspecified atom stereocenters. The fourth-order valence-corrected chi connectivity index (χ4v) is 3.66. The van der Waals surface area contributed by atoms with Gasteiger partial charge in [0.1, 0.15) is 11.7 Å². The number of carbonyl (C=O) groups is 2. The molecule has 1 aliphatic heterocycles. The van der Waals surface area contributed by atoms with Gasteiger partial charge in [-0.3, -0.25) is 19.7 Å². The number of nitro benzene ring substituents is 1. The van der Waals surface area contributed by atoms with E-state index >= 15 is 0 Å². The van der Waals surface area contributed by atoms with Gasteiger partial charge in [-0.25, -0.2) is 0 Å². The third-order valence-electron chi connectivity index (χ3n) is 5.29. The molecule has 4 rings (SSSR count). The van der Waals surface area contributed by atoms with Crippen LogP contribution in [0.1, 0.15) is 37.9 Å². The van der Waals surface area contributed by atoms with Crippen LogP contribution in [0, 0.1) is 10.1 Å². The number of anilines is 1. The fraction of sp³-hybridized carbons (Fsp3) is 0.167. The van der Waals surface area contributed by atoms with Crippen molar-refractivity contribution in [2.24, 2.45) is 0 Å². The Morgan fingerprint density at radius 2 is 1.69 bits per heavy atom. The molecule has 3 aromatic carbocycles. The Balaban J connectivity index is 1.37. The number of carbonyl (C=O) groups excluding carboxylic acids is 2. The van der Waals surface area contributed by atoms with Crippen LogP contribution >= 0.6 is 0 Å². The zero-order chi connectivity index (χ0) is 22.5. The van der Waals surface area contributed by atoms with Gasteiger partial charge in [-0.2, -0.15) is 0 Å². The first-order valence-electron chi connectivity index (χ1n) is 10.2. The van der Waals surface area contributed by atoms with E-state index < -0.39 is 10.8 Å². The van der Waals surface area contributed by atoms with E-state index in [1.54, 1.807) is 30.3 Å². The number of hydrogen-bond acceptors (Lipinski definition) is 5. The molecule has 3 aromatic rings. The molecule has 162 valence electrons. The first-order chi connectivity index (χ1) is 15.5. The number of ether oxygens (including phenoxy) is 1. The van der Waals surface area contributed by atoms with Crippen molar-refractivity contribution in [2.45, 2.75) is 12.5 Å². The second-order valence-corrected chi connectivity index (χ2v) is 7.32. The normalized spacial score (nSPS) is 14.8. The molecular weight excluding hydrogens is 410 g/mol. The third kappa shape index (κ3) is 4.65. The lowest BCUT2D eigenvalue weighted by Crippen LogP contribution is -2.31. The average Bonchev–Trinajstić information content (AvgIpc) is 2.83. The Labute approximate surface area is 184 Å². The van der Waals surface area contributed by atoms with E-state index in [1.807, 2.05) is 18.2 Å². The highest BCUT2D eigenvalue weighted by molar-refractivity contribution is 6.07. The second kappa shape index (κ2) is 9.40. The quantitative estimate of drug-likeness (QED) is 0.454. The molecule has 2 amide bonds. The van der Waals surface area contributed by atoms with Crippen LogP contribution in [0.15, 0.2) is 72.8 Å². The van der Waals surface area contributed by atoms with Crippen LogP contribution in [-0.2, 0) is 11.2 Å². The molecule has 8 nitrogen and oxygen atoms in total.